The molecule has 2 amide bonds. The fourth-order valence-corrected chi connectivity index (χ4v) is 2.70. The average molecular weight is 316 g/mol. The predicted octanol–water partition coefficient (Wildman–Crippen LogP) is 2.13. The van der Waals surface area contributed by atoms with Gasteiger partial charge >= 0.3 is 0 Å². The topological polar surface area (TPSA) is 58.6 Å². The molecule has 1 saturated heterocycles. The summed E-state index contributed by atoms with van der Waals surface area (Å²) in [4.78, 5) is 25.6. The summed E-state index contributed by atoms with van der Waals surface area (Å²) in [5, 5.41) is 2.71. The Hall–Kier alpha value is -2.14. The zero-order chi connectivity index (χ0) is 16.7. The number of amides is 2. The van der Waals surface area contributed by atoms with Crippen LogP contribution in [-0.2, 0) is 16.1 Å². The number of nitrogens with zero attached hydrogens (tertiary/aromatic N) is 1. The second-order valence-electron chi connectivity index (χ2n) is 5.59. The van der Waals surface area contributed by atoms with Gasteiger partial charge in [-0.05, 0) is 43.5 Å². The van der Waals surface area contributed by atoms with Crippen LogP contribution < -0.4 is 5.32 Å². The minimum absolute atomic E-state index is 0.0380. The van der Waals surface area contributed by atoms with Gasteiger partial charge in [-0.25, -0.2) is 0 Å². The van der Waals surface area contributed by atoms with Gasteiger partial charge in [-0.3, -0.25) is 9.59 Å². The van der Waals surface area contributed by atoms with Gasteiger partial charge < -0.3 is 15.0 Å². The van der Waals surface area contributed by atoms with Crippen LogP contribution in [0.1, 0.15) is 35.7 Å². The molecule has 1 N–H and O–H groups in total. The Morgan fingerprint density at radius 2 is 2.13 bits per heavy atom. The molecule has 1 aromatic rings. The van der Waals surface area contributed by atoms with Crippen molar-refractivity contribution < 1.29 is 14.3 Å². The van der Waals surface area contributed by atoms with Crippen molar-refractivity contribution in [1.29, 1.82) is 0 Å². The molecule has 1 aliphatic heterocycles. The molecule has 0 aliphatic carbocycles. The molecule has 0 spiro atoms. The van der Waals surface area contributed by atoms with E-state index in [2.05, 4.69) is 11.9 Å². The second-order valence-corrected chi connectivity index (χ2v) is 5.59. The van der Waals surface area contributed by atoms with Crippen molar-refractivity contribution in [3.8, 4) is 0 Å². The summed E-state index contributed by atoms with van der Waals surface area (Å²) in [5.41, 5.74) is 1.61. The number of ether oxygens (including phenoxy) is 1. The minimum Gasteiger partial charge on any atom is -0.377 e. The zero-order valence-electron chi connectivity index (χ0n) is 13.6. The number of hydrogen-bond donors (Lipinski definition) is 1. The lowest BCUT2D eigenvalue weighted by Gasteiger charge is -2.32. The van der Waals surface area contributed by atoms with E-state index in [0.717, 1.165) is 24.9 Å². The zero-order valence-corrected chi connectivity index (χ0v) is 13.6. The van der Waals surface area contributed by atoms with E-state index >= 15 is 0 Å². The maximum Gasteiger partial charge on any atom is 0.253 e. The first kappa shape index (κ1) is 17.2. The van der Waals surface area contributed by atoms with E-state index < -0.39 is 0 Å². The predicted molar refractivity (Wildman–Crippen MR) is 89.0 cm³/mol. The molecule has 0 radical (unpaired) electrons. The van der Waals surface area contributed by atoms with Crippen molar-refractivity contribution in [2.75, 3.05) is 19.7 Å². The summed E-state index contributed by atoms with van der Waals surface area (Å²) < 4.78 is 5.64. The van der Waals surface area contributed by atoms with Crippen molar-refractivity contribution >= 4 is 11.8 Å². The van der Waals surface area contributed by atoms with Crippen molar-refractivity contribution in [2.45, 2.75) is 32.4 Å². The molecule has 1 fully saturated rings. The Morgan fingerprint density at radius 1 is 1.39 bits per heavy atom. The van der Waals surface area contributed by atoms with Crippen molar-refractivity contribution in [3.05, 3.63) is 48.0 Å². The summed E-state index contributed by atoms with van der Waals surface area (Å²) in [6, 6.07) is 7.34. The van der Waals surface area contributed by atoms with E-state index in [0.29, 0.717) is 25.3 Å². The number of benzene rings is 1. The number of nitrogens with one attached hydrogen (secondary N) is 1. The third-order valence-electron chi connectivity index (χ3n) is 3.92. The lowest BCUT2D eigenvalue weighted by Crippen LogP contribution is -2.43. The van der Waals surface area contributed by atoms with Crippen LogP contribution in [0.25, 0.3) is 0 Å². The van der Waals surface area contributed by atoms with Crippen molar-refractivity contribution in [2.24, 2.45) is 0 Å². The Labute approximate surface area is 137 Å². The fraction of sp³-hybridized carbons (Fsp3) is 0.444. The van der Waals surface area contributed by atoms with Crippen LogP contribution in [0.15, 0.2) is 36.9 Å². The highest BCUT2D eigenvalue weighted by atomic mass is 16.5. The molecule has 5 nitrogen and oxygen atoms in total. The molecular formula is C18H24N2O3. The Bertz CT molecular complexity index is 552. The molecule has 5 heteroatoms. The first-order chi connectivity index (χ1) is 11.1. The van der Waals surface area contributed by atoms with Crippen LogP contribution in [0, 0.1) is 0 Å². The first-order valence-electron chi connectivity index (χ1n) is 8.04. The molecule has 1 aromatic carbocycles. The molecule has 23 heavy (non-hydrogen) atoms. The molecule has 1 aliphatic rings. The fourth-order valence-electron chi connectivity index (χ4n) is 2.70. The molecule has 1 unspecified atom stereocenters. The summed E-state index contributed by atoms with van der Waals surface area (Å²) in [6.07, 6.45) is 3.37. The van der Waals surface area contributed by atoms with E-state index in [1.54, 1.807) is 0 Å². The molecule has 0 bridgehead atoms. The minimum atomic E-state index is -0.208. The van der Waals surface area contributed by atoms with Gasteiger partial charge in [-0.1, -0.05) is 18.7 Å². The Morgan fingerprint density at radius 3 is 2.78 bits per heavy atom. The van der Waals surface area contributed by atoms with Crippen LogP contribution in [0.4, 0.5) is 0 Å². The number of carbonyl (C=O) groups is 2. The van der Waals surface area contributed by atoms with Crippen molar-refractivity contribution in [3.63, 3.8) is 0 Å². The summed E-state index contributed by atoms with van der Waals surface area (Å²) in [7, 11) is 0. The highest BCUT2D eigenvalue weighted by molar-refractivity contribution is 5.94. The second kappa shape index (κ2) is 8.48. The number of carbonyl (C=O) groups excluding carboxylic acids is 2. The Balaban J connectivity index is 1.94. The van der Waals surface area contributed by atoms with E-state index in [4.69, 9.17) is 4.74 Å². The molecule has 0 saturated carbocycles. The molecular weight excluding hydrogens is 292 g/mol. The Kier molecular flexibility index (Phi) is 6.35. The lowest BCUT2D eigenvalue weighted by molar-refractivity contribution is -0.116. The van der Waals surface area contributed by atoms with Gasteiger partial charge in [0.2, 0.25) is 5.91 Å². The lowest BCUT2D eigenvalue weighted by atomic mass is 10.1. The van der Waals surface area contributed by atoms with Gasteiger partial charge in [0.1, 0.15) is 0 Å². The van der Waals surface area contributed by atoms with E-state index in [-0.39, 0.29) is 17.9 Å². The maximum atomic E-state index is 12.6. The summed E-state index contributed by atoms with van der Waals surface area (Å²) in [5.74, 6) is -0.170. The summed E-state index contributed by atoms with van der Waals surface area (Å²) >= 11 is 0. The van der Waals surface area contributed by atoms with Crippen molar-refractivity contribution in [1.82, 2.24) is 10.2 Å². The van der Waals surface area contributed by atoms with E-state index in [1.165, 1.54) is 6.08 Å². The third-order valence-corrected chi connectivity index (χ3v) is 3.92. The number of hydrogen-bond acceptors (Lipinski definition) is 3. The molecule has 2 rings (SSSR count). The van der Waals surface area contributed by atoms with Gasteiger partial charge in [-0.2, -0.15) is 0 Å². The molecule has 0 aromatic heterocycles. The molecule has 124 valence electrons. The standard InChI is InChI=1S/C18H24N2O3/c1-3-17(21)19-12-14-7-9-15(10-8-14)18(22)20-11-5-6-16(13-20)23-4-2/h3,7-10,16H,1,4-6,11-13H2,2H3,(H,19,21). The summed E-state index contributed by atoms with van der Waals surface area (Å²) in [6.45, 7) is 7.92. The number of likely N-dealkylation sites (tertiary alicyclic amines) is 1. The average Bonchev–Trinajstić information content (AvgIpc) is 2.60. The van der Waals surface area contributed by atoms with E-state index in [1.807, 2.05) is 36.1 Å². The van der Waals surface area contributed by atoms with E-state index in [9.17, 15) is 9.59 Å². The smallest absolute Gasteiger partial charge is 0.253 e. The number of piperidine rings is 1. The highest BCUT2D eigenvalue weighted by Gasteiger charge is 2.24. The molecule has 1 heterocycles. The van der Waals surface area contributed by atoms with Crippen LogP contribution >= 0.6 is 0 Å². The van der Waals surface area contributed by atoms with Crippen LogP contribution in [-0.4, -0.2) is 42.5 Å². The van der Waals surface area contributed by atoms with Crippen LogP contribution in [0.3, 0.4) is 0 Å². The SMILES string of the molecule is C=CC(=O)NCc1ccc(C(=O)N2CCCC(OCC)C2)cc1. The third kappa shape index (κ3) is 4.93. The maximum absolute atomic E-state index is 12.6. The number of rotatable bonds is 6. The van der Waals surface area contributed by atoms with Gasteiger partial charge in [-0.15, -0.1) is 0 Å². The normalized spacial score (nSPS) is 17.6. The van der Waals surface area contributed by atoms with Gasteiger partial charge in [0.15, 0.2) is 0 Å². The van der Waals surface area contributed by atoms with Gasteiger partial charge in [0.25, 0.3) is 5.91 Å². The van der Waals surface area contributed by atoms with Gasteiger partial charge in [0.05, 0.1) is 6.10 Å². The van der Waals surface area contributed by atoms with Gasteiger partial charge in [0, 0.05) is 31.8 Å². The molecule has 1 atom stereocenters. The van der Waals surface area contributed by atoms with Crippen LogP contribution in [0.2, 0.25) is 0 Å². The monoisotopic (exact) mass is 316 g/mol. The van der Waals surface area contributed by atoms with Crippen LogP contribution in [0.5, 0.6) is 0 Å². The first-order valence-corrected chi connectivity index (χ1v) is 8.04. The highest BCUT2D eigenvalue weighted by Crippen LogP contribution is 2.16. The quantitative estimate of drug-likeness (QED) is 0.818. The largest absolute Gasteiger partial charge is 0.377 e.